The number of hydrogen-bond acceptors (Lipinski definition) is 10. The number of rotatable bonds is 12. The van der Waals surface area contributed by atoms with Crippen LogP contribution in [0.25, 0.3) is 0 Å². The highest BCUT2D eigenvalue weighted by atomic mass is 32.2. The minimum atomic E-state index is -4.03. The third kappa shape index (κ3) is 8.08. The molecule has 12 heteroatoms. The monoisotopic (exact) mass is 670 g/mol. The molecule has 4 rings (SSSR count). The van der Waals surface area contributed by atoms with E-state index >= 15 is 0 Å². The second kappa shape index (κ2) is 14.5. The van der Waals surface area contributed by atoms with Crippen molar-refractivity contribution >= 4 is 34.0 Å². The van der Waals surface area contributed by atoms with Crippen molar-refractivity contribution in [3.8, 4) is 0 Å². The summed E-state index contributed by atoms with van der Waals surface area (Å²) in [5.74, 6) is -0.653. The summed E-state index contributed by atoms with van der Waals surface area (Å²) >= 11 is 0. The third-order valence-electron chi connectivity index (χ3n) is 12.3. The van der Waals surface area contributed by atoms with Gasteiger partial charge in [0.2, 0.25) is 0 Å². The van der Waals surface area contributed by atoms with Crippen molar-refractivity contribution in [2.45, 2.75) is 130 Å². The van der Waals surface area contributed by atoms with Crippen molar-refractivity contribution in [3.63, 3.8) is 0 Å². The van der Waals surface area contributed by atoms with E-state index in [0.717, 1.165) is 38.5 Å². The molecule has 0 aromatic rings. The Morgan fingerprint density at radius 1 is 0.870 bits per heavy atom. The van der Waals surface area contributed by atoms with E-state index in [1.165, 1.54) is 20.8 Å². The van der Waals surface area contributed by atoms with E-state index < -0.39 is 10.1 Å². The van der Waals surface area contributed by atoms with E-state index in [1.807, 2.05) is 0 Å². The third-order valence-corrected chi connectivity index (χ3v) is 13.1. The highest BCUT2D eigenvalue weighted by Crippen LogP contribution is 2.69. The van der Waals surface area contributed by atoms with Gasteiger partial charge in [0.25, 0.3) is 10.1 Å². The van der Waals surface area contributed by atoms with Crippen molar-refractivity contribution in [1.82, 2.24) is 0 Å². The fraction of sp³-hybridized carbons (Fsp3) is 0.882. The van der Waals surface area contributed by atoms with Crippen LogP contribution < -0.4 is 0 Å². The fourth-order valence-electron chi connectivity index (χ4n) is 10.3. The first-order valence-electron chi connectivity index (χ1n) is 17.1. The second-order valence-corrected chi connectivity index (χ2v) is 16.6. The van der Waals surface area contributed by atoms with Crippen LogP contribution in [-0.2, 0) is 48.2 Å². The Bertz CT molecular complexity index is 1250. The minimum Gasteiger partial charge on any atom is -0.466 e. The van der Waals surface area contributed by atoms with E-state index in [4.69, 9.17) is 23.5 Å². The molecule has 0 amide bonds. The standard InChI is InChI=1S/C34H54O11S/c1-20(9-12-31(38)42-15-7-8-16-46(39,40)41)26-10-11-27-32-28(19-30(34(26,27)6)45-23(4)37)33(5)14-13-25(43-21(2)35)17-24(33)18-29(32)44-22(3)36/h20,24-30,32H,7-19H2,1-6H3,(H,39,40,41)/t20-,24?,25?,26-,27+,28+,29?,30?,32+,33+,34-/m1/s1. The smallest absolute Gasteiger partial charge is 0.305 e. The van der Waals surface area contributed by atoms with Crippen LogP contribution in [-0.4, -0.2) is 67.5 Å². The molecule has 11 nitrogen and oxygen atoms in total. The Morgan fingerprint density at radius 2 is 1.54 bits per heavy atom. The van der Waals surface area contributed by atoms with E-state index in [1.54, 1.807) is 0 Å². The molecule has 4 aliphatic carbocycles. The molecule has 11 atom stereocenters. The van der Waals surface area contributed by atoms with Crippen LogP contribution in [0.1, 0.15) is 112 Å². The van der Waals surface area contributed by atoms with Gasteiger partial charge in [0.1, 0.15) is 18.3 Å². The fourth-order valence-corrected chi connectivity index (χ4v) is 10.9. The van der Waals surface area contributed by atoms with Gasteiger partial charge >= 0.3 is 23.9 Å². The molecule has 4 saturated carbocycles. The van der Waals surface area contributed by atoms with Crippen molar-refractivity contribution in [3.05, 3.63) is 0 Å². The topological polar surface area (TPSA) is 160 Å². The molecule has 46 heavy (non-hydrogen) atoms. The molecule has 0 aliphatic heterocycles. The summed E-state index contributed by atoms with van der Waals surface area (Å²) in [6.07, 6.45) is 6.26. The molecule has 0 aromatic carbocycles. The van der Waals surface area contributed by atoms with Gasteiger partial charge < -0.3 is 18.9 Å². The van der Waals surface area contributed by atoms with Gasteiger partial charge in [-0.05, 0) is 99.2 Å². The van der Waals surface area contributed by atoms with Crippen molar-refractivity contribution in [1.29, 1.82) is 0 Å². The summed E-state index contributed by atoms with van der Waals surface area (Å²) in [4.78, 5) is 49.3. The Morgan fingerprint density at radius 3 is 2.17 bits per heavy atom. The zero-order valence-corrected chi connectivity index (χ0v) is 29.1. The molecule has 0 bridgehead atoms. The summed E-state index contributed by atoms with van der Waals surface area (Å²) < 4.78 is 53.9. The molecule has 262 valence electrons. The molecular formula is C34H54O11S. The maximum absolute atomic E-state index is 12.6. The van der Waals surface area contributed by atoms with Gasteiger partial charge in [0.15, 0.2) is 0 Å². The van der Waals surface area contributed by atoms with Crippen LogP contribution in [0, 0.1) is 46.3 Å². The summed E-state index contributed by atoms with van der Waals surface area (Å²) in [5, 5.41) is 0. The summed E-state index contributed by atoms with van der Waals surface area (Å²) in [6, 6.07) is 0. The lowest BCUT2D eigenvalue weighted by atomic mass is 9.43. The van der Waals surface area contributed by atoms with Gasteiger partial charge in [0.05, 0.1) is 12.4 Å². The minimum absolute atomic E-state index is 0.0769. The lowest BCUT2D eigenvalue weighted by Crippen LogP contribution is -2.63. The van der Waals surface area contributed by atoms with E-state index in [9.17, 15) is 27.6 Å². The molecular weight excluding hydrogens is 616 g/mol. The van der Waals surface area contributed by atoms with E-state index in [2.05, 4.69) is 20.8 Å². The molecule has 4 unspecified atom stereocenters. The SMILES string of the molecule is CC(=O)OC1CC[C@@]2(C)C(C1)CC(OC(C)=O)[C@H]1[C@@H]3CC[C@H]([C@H](C)CCC(=O)OCCCCS(=O)(=O)O)[C@@]3(C)C(OC(C)=O)C[C@@H]12. The van der Waals surface area contributed by atoms with Gasteiger partial charge in [-0.1, -0.05) is 20.8 Å². The predicted octanol–water partition coefficient (Wildman–Crippen LogP) is 5.29. The molecule has 4 fully saturated rings. The highest BCUT2D eigenvalue weighted by molar-refractivity contribution is 7.85. The quantitative estimate of drug-likeness (QED) is 0.124. The number of carbonyl (C=O) groups excluding carboxylic acids is 4. The molecule has 4 aliphatic rings. The van der Waals surface area contributed by atoms with Crippen LogP contribution in [0.4, 0.5) is 0 Å². The van der Waals surface area contributed by atoms with Gasteiger partial charge in [0, 0.05) is 38.5 Å². The van der Waals surface area contributed by atoms with Gasteiger partial charge in [-0.2, -0.15) is 8.42 Å². The maximum atomic E-state index is 12.6. The summed E-state index contributed by atoms with van der Waals surface area (Å²) in [6.45, 7) is 11.2. The molecule has 0 radical (unpaired) electrons. The summed E-state index contributed by atoms with van der Waals surface area (Å²) in [5.41, 5.74) is -0.449. The molecule has 1 N–H and O–H groups in total. The number of carbonyl (C=O) groups is 4. The molecule has 0 saturated heterocycles. The highest BCUT2D eigenvalue weighted by Gasteiger charge is 2.67. The molecule has 0 aromatic heterocycles. The first-order chi connectivity index (χ1) is 21.5. The predicted molar refractivity (Wildman–Crippen MR) is 168 cm³/mol. The largest absolute Gasteiger partial charge is 0.466 e. The van der Waals surface area contributed by atoms with Crippen molar-refractivity contribution in [2.24, 2.45) is 46.3 Å². The first kappa shape index (κ1) is 36.6. The van der Waals surface area contributed by atoms with Crippen LogP contribution in [0.2, 0.25) is 0 Å². The van der Waals surface area contributed by atoms with E-state index in [-0.39, 0.29) is 114 Å². The summed E-state index contributed by atoms with van der Waals surface area (Å²) in [7, 11) is -4.03. The maximum Gasteiger partial charge on any atom is 0.305 e. The lowest BCUT2D eigenvalue weighted by molar-refractivity contribution is -0.224. The zero-order chi connectivity index (χ0) is 34.0. The van der Waals surface area contributed by atoms with Gasteiger partial charge in [-0.15, -0.1) is 0 Å². The number of unbranched alkanes of at least 4 members (excludes halogenated alkanes) is 1. The van der Waals surface area contributed by atoms with E-state index in [0.29, 0.717) is 19.3 Å². The first-order valence-corrected chi connectivity index (χ1v) is 18.7. The number of ether oxygens (including phenoxy) is 4. The number of esters is 4. The average molecular weight is 671 g/mol. The van der Waals surface area contributed by atoms with Crippen molar-refractivity contribution < 1.29 is 51.1 Å². The average Bonchev–Trinajstić information content (AvgIpc) is 3.29. The Labute approximate surface area is 273 Å². The van der Waals surface area contributed by atoms with Crippen LogP contribution >= 0.6 is 0 Å². The van der Waals surface area contributed by atoms with Gasteiger partial charge in [-0.3, -0.25) is 23.7 Å². The van der Waals surface area contributed by atoms with Gasteiger partial charge in [-0.25, -0.2) is 0 Å². The normalized spacial score (nSPS) is 37.5. The Hall–Kier alpha value is -2.21. The lowest BCUT2D eigenvalue weighted by Gasteiger charge is -2.64. The second-order valence-electron chi connectivity index (χ2n) is 15.0. The van der Waals surface area contributed by atoms with Crippen LogP contribution in [0.3, 0.4) is 0 Å². The number of hydrogen-bond donors (Lipinski definition) is 1. The van der Waals surface area contributed by atoms with Crippen molar-refractivity contribution in [2.75, 3.05) is 12.4 Å². The molecule has 0 heterocycles. The van der Waals surface area contributed by atoms with Crippen LogP contribution in [0.15, 0.2) is 0 Å². The van der Waals surface area contributed by atoms with Crippen LogP contribution in [0.5, 0.6) is 0 Å². The zero-order valence-electron chi connectivity index (χ0n) is 28.3. The number of fused-ring (bicyclic) bond motifs is 5. The Balaban J connectivity index is 1.52. The Kier molecular flexibility index (Phi) is 11.5. The molecule has 0 spiro atoms.